The summed E-state index contributed by atoms with van der Waals surface area (Å²) in [5.74, 6) is 1.40. The van der Waals surface area contributed by atoms with E-state index >= 15 is 0 Å². The average Bonchev–Trinajstić information content (AvgIpc) is 3.14. The number of aryl methyl sites for hydroxylation is 1. The van der Waals surface area contributed by atoms with Gasteiger partial charge >= 0.3 is 5.63 Å². The van der Waals surface area contributed by atoms with Crippen molar-refractivity contribution in [2.24, 2.45) is 0 Å². The molecule has 1 unspecified atom stereocenters. The lowest BCUT2D eigenvalue weighted by atomic mass is 10.0. The van der Waals surface area contributed by atoms with E-state index in [0.717, 1.165) is 28.7 Å². The monoisotopic (exact) mass is 393 g/mol. The Labute approximate surface area is 168 Å². The molecule has 0 saturated heterocycles. The molecule has 1 aliphatic rings. The van der Waals surface area contributed by atoms with Gasteiger partial charge in [-0.2, -0.15) is 0 Å². The molecular formula is C23H23NO5. The smallest absolute Gasteiger partial charge is 0.339 e. The summed E-state index contributed by atoms with van der Waals surface area (Å²) in [4.78, 5) is 24.7. The Hall–Kier alpha value is -3.28. The molecule has 0 aliphatic carbocycles. The van der Waals surface area contributed by atoms with Crippen molar-refractivity contribution in [3.8, 4) is 11.5 Å². The third kappa shape index (κ3) is 3.97. The van der Waals surface area contributed by atoms with Gasteiger partial charge in [-0.15, -0.1) is 0 Å². The Morgan fingerprint density at radius 3 is 2.86 bits per heavy atom. The van der Waals surface area contributed by atoms with Crippen molar-refractivity contribution in [1.29, 1.82) is 0 Å². The molecular weight excluding hydrogens is 370 g/mol. The van der Waals surface area contributed by atoms with Gasteiger partial charge in [0, 0.05) is 29.9 Å². The van der Waals surface area contributed by atoms with Gasteiger partial charge in [0.05, 0.1) is 13.7 Å². The molecule has 150 valence electrons. The Kier molecular flexibility index (Phi) is 5.25. The number of methoxy groups -OCH3 is 1. The van der Waals surface area contributed by atoms with Gasteiger partial charge in [-0.1, -0.05) is 18.2 Å². The van der Waals surface area contributed by atoms with Gasteiger partial charge in [-0.3, -0.25) is 4.79 Å². The van der Waals surface area contributed by atoms with Gasteiger partial charge in [0.25, 0.3) is 0 Å². The number of carbonyl (C=O) groups is 1. The first-order valence-corrected chi connectivity index (χ1v) is 9.66. The van der Waals surface area contributed by atoms with Crippen LogP contribution in [0, 0.1) is 6.92 Å². The number of fused-ring (bicyclic) bond motifs is 2. The summed E-state index contributed by atoms with van der Waals surface area (Å²) in [6.45, 7) is 2.32. The van der Waals surface area contributed by atoms with Gasteiger partial charge in [-0.05, 0) is 42.7 Å². The van der Waals surface area contributed by atoms with Crippen LogP contribution in [0.25, 0.3) is 11.0 Å². The number of para-hydroxylation sites is 1. The largest absolute Gasteiger partial charge is 0.497 e. The van der Waals surface area contributed by atoms with Crippen LogP contribution in [0.4, 0.5) is 0 Å². The highest BCUT2D eigenvalue weighted by Crippen LogP contribution is 2.28. The molecule has 6 nitrogen and oxygen atoms in total. The molecule has 1 atom stereocenters. The minimum atomic E-state index is -0.411. The zero-order chi connectivity index (χ0) is 20.4. The summed E-state index contributed by atoms with van der Waals surface area (Å²) >= 11 is 0. The van der Waals surface area contributed by atoms with Gasteiger partial charge in [0.1, 0.15) is 23.2 Å². The fourth-order valence-corrected chi connectivity index (χ4v) is 3.71. The molecule has 0 bridgehead atoms. The van der Waals surface area contributed by atoms with Crippen LogP contribution in [-0.4, -0.2) is 25.7 Å². The predicted octanol–water partition coefficient (Wildman–Crippen LogP) is 3.16. The number of rotatable bonds is 6. The zero-order valence-electron chi connectivity index (χ0n) is 16.5. The van der Waals surface area contributed by atoms with Crippen LogP contribution in [0.15, 0.2) is 51.7 Å². The highest BCUT2D eigenvalue weighted by Gasteiger charge is 2.22. The summed E-state index contributed by atoms with van der Waals surface area (Å²) in [5, 5.41) is 3.75. The van der Waals surface area contributed by atoms with E-state index in [4.69, 9.17) is 13.9 Å². The van der Waals surface area contributed by atoms with Crippen molar-refractivity contribution in [3.63, 3.8) is 0 Å². The first kappa shape index (κ1) is 19.1. The Morgan fingerprint density at radius 2 is 2.07 bits per heavy atom. The number of amides is 1. The Morgan fingerprint density at radius 1 is 1.24 bits per heavy atom. The maximum atomic E-state index is 12.4. The summed E-state index contributed by atoms with van der Waals surface area (Å²) in [6, 6.07) is 13.3. The predicted molar refractivity (Wildman–Crippen MR) is 110 cm³/mol. The molecule has 0 saturated carbocycles. The lowest BCUT2D eigenvalue weighted by Gasteiger charge is -2.12. The molecule has 1 aromatic heterocycles. The standard InChI is InChI=1S/C23H23NO5/c1-14-18-8-7-16(27-2)12-21(18)29-23(26)19(14)9-10-22(25)24-13-17-11-15-5-3-4-6-20(15)28-17/h3-8,12,17H,9-11,13H2,1-2H3,(H,24,25). The average molecular weight is 393 g/mol. The SMILES string of the molecule is COc1ccc2c(C)c(CCC(=O)NCC3Cc4ccccc4O3)c(=O)oc2c1. The van der Waals surface area contributed by atoms with E-state index in [1.807, 2.05) is 43.3 Å². The van der Waals surface area contributed by atoms with Gasteiger partial charge in [-0.25, -0.2) is 4.79 Å². The molecule has 0 radical (unpaired) electrons. The number of hydrogen-bond donors (Lipinski definition) is 1. The summed E-state index contributed by atoms with van der Waals surface area (Å²) in [7, 11) is 1.56. The van der Waals surface area contributed by atoms with Crippen LogP contribution >= 0.6 is 0 Å². The molecule has 0 fully saturated rings. The van der Waals surface area contributed by atoms with E-state index in [-0.39, 0.29) is 18.4 Å². The molecule has 0 spiro atoms. The molecule has 4 rings (SSSR count). The lowest BCUT2D eigenvalue weighted by molar-refractivity contribution is -0.121. The van der Waals surface area contributed by atoms with Crippen LogP contribution in [0.2, 0.25) is 0 Å². The maximum absolute atomic E-state index is 12.4. The van der Waals surface area contributed by atoms with Gasteiger partial charge < -0.3 is 19.2 Å². The van der Waals surface area contributed by atoms with E-state index in [0.29, 0.717) is 29.9 Å². The van der Waals surface area contributed by atoms with Crippen LogP contribution in [0.3, 0.4) is 0 Å². The molecule has 6 heteroatoms. The van der Waals surface area contributed by atoms with E-state index in [1.165, 1.54) is 0 Å². The highest BCUT2D eigenvalue weighted by molar-refractivity contribution is 5.82. The van der Waals surface area contributed by atoms with Gasteiger partial charge in [0.15, 0.2) is 0 Å². The highest BCUT2D eigenvalue weighted by atomic mass is 16.5. The zero-order valence-corrected chi connectivity index (χ0v) is 16.5. The minimum absolute atomic E-state index is 0.0567. The number of hydrogen-bond acceptors (Lipinski definition) is 5. The number of nitrogens with one attached hydrogen (secondary N) is 1. The molecule has 2 heterocycles. The number of carbonyl (C=O) groups excluding carboxylic acids is 1. The van der Waals surface area contributed by atoms with Crippen LogP contribution in [-0.2, 0) is 17.6 Å². The second kappa shape index (κ2) is 7.99. The van der Waals surface area contributed by atoms with Gasteiger partial charge in [0.2, 0.25) is 5.91 Å². The summed E-state index contributed by atoms with van der Waals surface area (Å²) in [6.07, 6.45) is 1.27. The molecule has 1 amide bonds. The topological polar surface area (TPSA) is 77.8 Å². The molecule has 1 aliphatic heterocycles. The van der Waals surface area contributed by atoms with Crippen molar-refractivity contribution < 1.29 is 18.7 Å². The van der Waals surface area contributed by atoms with Crippen LogP contribution in [0.5, 0.6) is 11.5 Å². The molecule has 2 aromatic carbocycles. The first-order chi connectivity index (χ1) is 14.0. The van der Waals surface area contributed by atoms with Crippen molar-refractivity contribution in [1.82, 2.24) is 5.32 Å². The fraction of sp³-hybridized carbons (Fsp3) is 0.304. The summed E-state index contributed by atoms with van der Waals surface area (Å²) < 4.78 is 16.4. The lowest BCUT2D eigenvalue weighted by Crippen LogP contribution is -2.34. The quantitative estimate of drug-likeness (QED) is 0.651. The molecule has 1 N–H and O–H groups in total. The van der Waals surface area contributed by atoms with E-state index in [9.17, 15) is 9.59 Å². The van der Waals surface area contributed by atoms with Crippen molar-refractivity contribution >= 4 is 16.9 Å². The minimum Gasteiger partial charge on any atom is -0.497 e. The number of benzene rings is 2. The van der Waals surface area contributed by atoms with Crippen molar-refractivity contribution in [2.45, 2.75) is 32.3 Å². The van der Waals surface area contributed by atoms with E-state index in [1.54, 1.807) is 13.2 Å². The maximum Gasteiger partial charge on any atom is 0.339 e. The number of ether oxygens (including phenoxy) is 2. The Bertz CT molecular complexity index is 1090. The van der Waals surface area contributed by atoms with Crippen molar-refractivity contribution in [3.05, 3.63) is 69.6 Å². The Balaban J connectivity index is 1.37. The third-order valence-corrected chi connectivity index (χ3v) is 5.34. The third-order valence-electron chi connectivity index (χ3n) is 5.34. The fourth-order valence-electron chi connectivity index (χ4n) is 3.71. The first-order valence-electron chi connectivity index (χ1n) is 9.66. The van der Waals surface area contributed by atoms with E-state index < -0.39 is 5.63 Å². The second-order valence-electron chi connectivity index (χ2n) is 7.21. The van der Waals surface area contributed by atoms with Crippen LogP contribution in [0.1, 0.15) is 23.1 Å². The molecule has 3 aromatic rings. The van der Waals surface area contributed by atoms with E-state index in [2.05, 4.69) is 5.32 Å². The van der Waals surface area contributed by atoms with Crippen LogP contribution < -0.4 is 20.4 Å². The molecule has 29 heavy (non-hydrogen) atoms. The second-order valence-corrected chi connectivity index (χ2v) is 7.21. The van der Waals surface area contributed by atoms with Crippen molar-refractivity contribution in [2.75, 3.05) is 13.7 Å². The summed E-state index contributed by atoms with van der Waals surface area (Å²) in [5.41, 5.74) is 2.60. The normalized spacial score (nSPS) is 15.0.